The molecule has 0 bridgehead atoms. The molecule has 1 amide bonds. The molecule has 3 rings (SSSR count). The molecule has 7 nitrogen and oxygen atoms in total. The Balaban J connectivity index is 1.82. The lowest BCUT2D eigenvalue weighted by atomic mass is 10.0. The molecule has 0 unspecified atom stereocenters. The average Bonchev–Trinajstić information content (AvgIpc) is 2.69. The number of aromatic nitrogens is 1. The molecule has 0 aliphatic heterocycles. The smallest absolute Gasteiger partial charge is 0.408 e. The van der Waals surface area contributed by atoms with Crippen LogP contribution in [0.2, 0.25) is 0 Å². The third kappa shape index (κ3) is 5.31. The van der Waals surface area contributed by atoms with Gasteiger partial charge in [-0.2, -0.15) is 0 Å². The number of carboxylic acids is 1. The monoisotopic (exact) mass is 422 g/mol. The number of hydrogen-bond donors (Lipinski definition) is 2. The zero-order valence-electron chi connectivity index (χ0n) is 18.0. The lowest BCUT2D eigenvalue weighted by Crippen LogP contribution is -2.44. The van der Waals surface area contributed by atoms with Gasteiger partial charge in [-0.15, -0.1) is 0 Å². The Bertz CT molecular complexity index is 1170. The maximum Gasteiger partial charge on any atom is 0.408 e. The highest BCUT2D eigenvalue weighted by atomic mass is 16.6. The minimum Gasteiger partial charge on any atom is -0.480 e. The molecule has 31 heavy (non-hydrogen) atoms. The van der Waals surface area contributed by atoms with Gasteiger partial charge in [0.1, 0.15) is 11.6 Å². The molecule has 1 atom stereocenters. The highest BCUT2D eigenvalue weighted by molar-refractivity contribution is 5.84. The quantitative estimate of drug-likeness (QED) is 0.653. The van der Waals surface area contributed by atoms with Gasteiger partial charge in [0.05, 0.1) is 5.52 Å². The third-order valence-electron chi connectivity index (χ3n) is 4.83. The van der Waals surface area contributed by atoms with Crippen LogP contribution < -0.4 is 10.9 Å². The zero-order chi connectivity index (χ0) is 22.8. The van der Waals surface area contributed by atoms with Crippen molar-refractivity contribution in [2.75, 3.05) is 0 Å². The van der Waals surface area contributed by atoms with Gasteiger partial charge >= 0.3 is 12.1 Å². The molecule has 3 aromatic rings. The van der Waals surface area contributed by atoms with Gasteiger partial charge in [-0.25, -0.2) is 9.59 Å². The van der Waals surface area contributed by atoms with Crippen LogP contribution in [0.3, 0.4) is 0 Å². The second-order valence-corrected chi connectivity index (χ2v) is 8.42. The van der Waals surface area contributed by atoms with Crippen LogP contribution in [0.25, 0.3) is 22.0 Å². The van der Waals surface area contributed by atoms with Gasteiger partial charge in [0, 0.05) is 19.0 Å². The van der Waals surface area contributed by atoms with E-state index in [1.165, 1.54) is 0 Å². The number of aryl methyl sites for hydroxylation is 1. The number of para-hydroxylation sites is 1. The number of ether oxygens (including phenoxy) is 1. The number of pyridine rings is 1. The molecule has 0 radical (unpaired) electrons. The number of carbonyl (C=O) groups excluding carboxylic acids is 1. The van der Waals surface area contributed by atoms with E-state index in [4.69, 9.17) is 4.74 Å². The minimum atomic E-state index is -1.15. The predicted molar refractivity (Wildman–Crippen MR) is 119 cm³/mol. The van der Waals surface area contributed by atoms with Crippen molar-refractivity contribution in [2.24, 2.45) is 7.05 Å². The predicted octanol–water partition coefficient (Wildman–Crippen LogP) is 3.73. The van der Waals surface area contributed by atoms with E-state index in [1.54, 1.807) is 56.7 Å². The van der Waals surface area contributed by atoms with Crippen LogP contribution in [0.1, 0.15) is 26.3 Å². The maximum atomic E-state index is 12.8. The summed E-state index contributed by atoms with van der Waals surface area (Å²) in [6, 6.07) is 15.5. The second kappa shape index (κ2) is 8.63. The lowest BCUT2D eigenvalue weighted by Gasteiger charge is -2.22. The van der Waals surface area contributed by atoms with E-state index in [1.807, 2.05) is 30.3 Å². The number of benzene rings is 2. The van der Waals surface area contributed by atoms with Crippen molar-refractivity contribution < 1.29 is 19.4 Å². The number of nitrogens with zero attached hydrogens (tertiary/aromatic N) is 1. The van der Waals surface area contributed by atoms with Crippen molar-refractivity contribution in [2.45, 2.75) is 38.8 Å². The number of amides is 1. The zero-order valence-corrected chi connectivity index (χ0v) is 18.0. The first kappa shape index (κ1) is 22.1. The molecule has 1 aromatic heterocycles. The summed E-state index contributed by atoms with van der Waals surface area (Å²) in [6.07, 6.45) is -0.693. The van der Waals surface area contributed by atoms with Crippen LogP contribution in [-0.4, -0.2) is 33.4 Å². The molecule has 0 aliphatic carbocycles. The summed E-state index contributed by atoms with van der Waals surface area (Å²) in [5.74, 6) is -1.15. The van der Waals surface area contributed by atoms with Gasteiger partial charge < -0.3 is 19.7 Å². The maximum absolute atomic E-state index is 12.8. The van der Waals surface area contributed by atoms with E-state index in [0.29, 0.717) is 11.1 Å². The number of carboxylic acid groups (broad SMARTS) is 1. The Morgan fingerprint density at radius 2 is 1.74 bits per heavy atom. The van der Waals surface area contributed by atoms with Crippen LogP contribution in [0, 0.1) is 0 Å². The Kier molecular flexibility index (Phi) is 6.15. The van der Waals surface area contributed by atoms with E-state index >= 15 is 0 Å². The molecule has 0 saturated heterocycles. The molecular formula is C24H26N2O5. The highest BCUT2D eigenvalue weighted by Crippen LogP contribution is 2.21. The summed E-state index contributed by atoms with van der Waals surface area (Å²) in [4.78, 5) is 36.3. The van der Waals surface area contributed by atoms with Gasteiger partial charge in [0.25, 0.3) is 5.56 Å². The number of aliphatic carboxylic acids is 1. The van der Waals surface area contributed by atoms with Crippen LogP contribution in [-0.2, 0) is 23.0 Å². The molecule has 2 aromatic carbocycles. The topological polar surface area (TPSA) is 97.6 Å². The number of carbonyl (C=O) groups is 2. The average molecular weight is 422 g/mol. The van der Waals surface area contributed by atoms with E-state index in [0.717, 1.165) is 16.5 Å². The molecule has 162 valence electrons. The molecule has 2 N–H and O–H groups in total. The summed E-state index contributed by atoms with van der Waals surface area (Å²) in [7, 11) is 1.74. The molecule has 7 heteroatoms. The van der Waals surface area contributed by atoms with Crippen LogP contribution >= 0.6 is 0 Å². The first-order valence-corrected chi connectivity index (χ1v) is 9.95. The standard InChI is InChI=1S/C24H26N2O5/c1-24(2,3)31-23(30)25-19(22(28)29)13-15-9-11-16(12-10-15)18-14-17-7-5-6-8-20(17)26(4)21(18)27/h5-12,14,19H,13H2,1-4H3,(H,25,30)(H,28,29)/t19-/m0/s1. The van der Waals surface area contributed by atoms with Crippen LogP contribution in [0.15, 0.2) is 59.4 Å². The van der Waals surface area contributed by atoms with Gasteiger partial charge in [-0.3, -0.25) is 4.79 Å². The summed E-state index contributed by atoms with van der Waals surface area (Å²) in [5.41, 5.74) is 2.04. The van der Waals surface area contributed by atoms with Crippen molar-refractivity contribution in [3.63, 3.8) is 0 Å². The number of hydrogen-bond acceptors (Lipinski definition) is 4. The van der Waals surface area contributed by atoms with Crippen molar-refractivity contribution in [1.29, 1.82) is 0 Å². The van der Waals surface area contributed by atoms with E-state index in [2.05, 4.69) is 5.32 Å². The van der Waals surface area contributed by atoms with Gasteiger partial charge in [0.15, 0.2) is 0 Å². The lowest BCUT2D eigenvalue weighted by molar-refractivity contribution is -0.139. The molecule has 1 heterocycles. The fraction of sp³-hybridized carbons (Fsp3) is 0.292. The molecular weight excluding hydrogens is 396 g/mol. The van der Waals surface area contributed by atoms with Gasteiger partial charge in [-0.05, 0) is 49.4 Å². The molecule has 0 saturated carbocycles. The van der Waals surface area contributed by atoms with E-state index in [9.17, 15) is 19.5 Å². The van der Waals surface area contributed by atoms with Crippen LogP contribution in [0.4, 0.5) is 4.79 Å². The fourth-order valence-corrected chi connectivity index (χ4v) is 3.34. The SMILES string of the molecule is Cn1c(=O)c(-c2ccc(C[C@H](NC(=O)OC(C)(C)C)C(=O)O)cc2)cc2ccccc21. The van der Waals surface area contributed by atoms with Gasteiger partial charge in [0.2, 0.25) is 0 Å². The minimum absolute atomic E-state index is 0.0879. The Hall–Kier alpha value is -3.61. The number of fused-ring (bicyclic) bond motifs is 1. The number of rotatable bonds is 5. The fourth-order valence-electron chi connectivity index (χ4n) is 3.34. The Labute approximate surface area is 180 Å². The third-order valence-corrected chi connectivity index (χ3v) is 4.83. The molecule has 0 spiro atoms. The van der Waals surface area contributed by atoms with E-state index < -0.39 is 23.7 Å². The van der Waals surface area contributed by atoms with Crippen molar-refractivity contribution >= 4 is 23.0 Å². The summed E-state index contributed by atoms with van der Waals surface area (Å²) >= 11 is 0. The molecule has 0 fully saturated rings. The van der Waals surface area contributed by atoms with Crippen molar-refractivity contribution in [1.82, 2.24) is 9.88 Å². The number of nitrogens with one attached hydrogen (secondary N) is 1. The van der Waals surface area contributed by atoms with Crippen molar-refractivity contribution in [3.05, 3.63) is 70.5 Å². The normalized spacial score (nSPS) is 12.4. The van der Waals surface area contributed by atoms with E-state index in [-0.39, 0.29) is 12.0 Å². The van der Waals surface area contributed by atoms with Crippen molar-refractivity contribution in [3.8, 4) is 11.1 Å². The summed E-state index contributed by atoms with van der Waals surface area (Å²) in [6.45, 7) is 5.12. The summed E-state index contributed by atoms with van der Waals surface area (Å²) in [5, 5.41) is 12.8. The first-order chi connectivity index (χ1) is 14.5. The Morgan fingerprint density at radius 1 is 1.10 bits per heavy atom. The Morgan fingerprint density at radius 3 is 2.35 bits per heavy atom. The highest BCUT2D eigenvalue weighted by Gasteiger charge is 2.24. The molecule has 0 aliphatic rings. The summed E-state index contributed by atoms with van der Waals surface area (Å²) < 4.78 is 6.76. The largest absolute Gasteiger partial charge is 0.480 e. The van der Waals surface area contributed by atoms with Gasteiger partial charge in [-0.1, -0.05) is 42.5 Å². The van der Waals surface area contributed by atoms with Crippen LogP contribution in [0.5, 0.6) is 0 Å². The number of alkyl carbamates (subject to hydrolysis) is 1. The first-order valence-electron chi connectivity index (χ1n) is 9.95. The second-order valence-electron chi connectivity index (χ2n) is 8.42.